The molecule has 1 saturated heterocycles. The van der Waals surface area contributed by atoms with Crippen molar-refractivity contribution in [2.75, 3.05) is 32.8 Å². The maximum atomic E-state index is 12.5. The van der Waals surface area contributed by atoms with Gasteiger partial charge in [0.15, 0.2) is 0 Å². The fraction of sp³-hybridized carbons (Fsp3) is 0.500. The minimum absolute atomic E-state index is 0.144. The lowest BCUT2D eigenvalue weighted by molar-refractivity contribution is -0.384. The lowest BCUT2D eigenvalue weighted by Gasteiger charge is -2.33. The van der Waals surface area contributed by atoms with E-state index < -0.39 is 21.0 Å². The molecule has 0 spiro atoms. The second-order valence-electron chi connectivity index (χ2n) is 5.27. The predicted molar refractivity (Wildman–Crippen MR) is 85.9 cm³/mol. The molecule has 1 aliphatic heterocycles. The Labute approximate surface area is 140 Å². The van der Waals surface area contributed by atoms with Crippen LogP contribution in [-0.2, 0) is 20.5 Å². The topological polar surface area (TPSA) is 110 Å². The summed E-state index contributed by atoms with van der Waals surface area (Å²) in [6, 6.07) is 5.57. The number of nitro groups is 1. The molecule has 0 aliphatic carbocycles. The number of piperazine rings is 1. The van der Waals surface area contributed by atoms with Gasteiger partial charge < -0.3 is 9.64 Å². The standard InChI is InChI=1S/C14H19N3O6S/c1-2-23-14(18)15-6-8-16(9-7-15)24(21,22)11-12-4-3-5-13(10-12)17(19)20/h3-5,10H,2,6-9,11H2,1H3. The third kappa shape index (κ3) is 4.42. The molecule has 0 saturated carbocycles. The molecule has 132 valence electrons. The summed E-state index contributed by atoms with van der Waals surface area (Å²) >= 11 is 0. The zero-order valence-electron chi connectivity index (χ0n) is 13.3. The summed E-state index contributed by atoms with van der Waals surface area (Å²) in [7, 11) is -3.61. The lowest BCUT2D eigenvalue weighted by atomic mass is 10.2. The number of carbonyl (C=O) groups excluding carboxylic acids is 1. The van der Waals surface area contributed by atoms with Gasteiger partial charge in [-0.25, -0.2) is 13.2 Å². The Morgan fingerprint density at radius 2 is 1.96 bits per heavy atom. The molecule has 0 atom stereocenters. The van der Waals surface area contributed by atoms with Crippen molar-refractivity contribution in [3.05, 3.63) is 39.9 Å². The molecule has 1 aliphatic rings. The first-order chi connectivity index (χ1) is 11.3. The quantitative estimate of drug-likeness (QED) is 0.578. The van der Waals surface area contributed by atoms with Crippen LogP contribution in [0.4, 0.5) is 10.5 Å². The smallest absolute Gasteiger partial charge is 0.409 e. The summed E-state index contributed by atoms with van der Waals surface area (Å²) in [5.41, 5.74) is 0.215. The van der Waals surface area contributed by atoms with Crippen LogP contribution in [0.3, 0.4) is 0 Å². The van der Waals surface area contributed by atoms with Crippen LogP contribution in [0, 0.1) is 10.1 Å². The maximum Gasteiger partial charge on any atom is 0.409 e. The van der Waals surface area contributed by atoms with Gasteiger partial charge in [-0.15, -0.1) is 0 Å². The molecule has 1 aromatic rings. The summed E-state index contributed by atoms with van der Waals surface area (Å²) in [6.07, 6.45) is -0.451. The van der Waals surface area contributed by atoms with Gasteiger partial charge in [0.05, 0.1) is 17.3 Å². The highest BCUT2D eigenvalue weighted by atomic mass is 32.2. The van der Waals surface area contributed by atoms with E-state index in [4.69, 9.17) is 4.74 Å². The highest BCUT2D eigenvalue weighted by Crippen LogP contribution is 2.18. The van der Waals surface area contributed by atoms with Gasteiger partial charge in [0.25, 0.3) is 5.69 Å². The van der Waals surface area contributed by atoms with E-state index >= 15 is 0 Å². The van der Waals surface area contributed by atoms with Crippen molar-refractivity contribution in [2.24, 2.45) is 0 Å². The van der Waals surface area contributed by atoms with E-state index in [-0.39, 0.29) is 44.2 Å². The van der Waals surface area contributed by atoms with Gasteiger partial charge in [0.2, 0.25) is 10.0 Å². The van der Waals surface area contributed by atoms with Crippen molar-refractivity contribution in [3.63, 3.8) is 0 Å². The number of hydrogen-bond donors (Lipinski definition) is 0. The molecule has 0 N–H and O–H groups in total. The number of nitrogens with zero attached hydrogens (tertiary/aromatic N) is 3. The number of sulfonamides is 1. The molecule has 1 amide bonds. The van der Waals surface area contributed by atoms with Crippen molar-refractivity contribution in [3.8, 4) is 0 Å². The van der Waals surface area contributed by atoms with Crippen molar-refractivity contribution < 1.29 is 22.9 Å². The Hall–Kier alpha value is -2.20. The normalized spacial score (nSPS) is 16.0. The minimum atomic E-state index is -3.61. The minimum Gasteiger partial charge on any atom is -0.450 e. The van der Waals surface area contributed by atoms with Gasteiger partial charge in [-0.05, 0) is 12.5 Å². The Morgan fingerprint density at radius 1 is 1.29 bits per heavy atom. The van der Waals surface area contributed by atoms with Crippen LogP contribution in [0.5, 0.6) is 0 Å². The summed E-state index contributed by atoms with van der Waals surface area (Å²) in [4.78, 5) is 23.3. The third-order valence-electron chi connectivity index (χ3n) is 3.63. The highest BCUT2D eigenvalue weighted by Gasteiger charge is 2.29. The number of benzene rings is 1. The summed E-state index contributed by atoms with van der Waals surface area (Å²) in [5, 5.41) is 10.8. The van der Waals surface area contributed by atoms with Crippen molar-refractivity contribution in [1.82, 2.24) is 9.21 Å². The second-order valence-corrected chi connectivity index (χ2v) is 7.24. The number of ether oxygens (including phenoxy) is 1. The number of hydrogen-bond acceptors (Lipinski definition) is 6. The van der Waals surface area contributed by atoms with Gasteiger partial charge in [-0.2, -0.15) is 4.31 Å². The average Bonchev–Trinajstić information content (AvgIpc) is 2.55. The van der Waals surface area contributed by atoms with Gasteiger partial charge in [0, 0.05) is 38.3 Å². The third-order valence-corrected chi connectivity index (χ3v) is 5.48. The number of nitro benzene ring substituents is 1. The molecule has 1 heterocycles. The van der Waals surface area contributed by atoms with E-state index in [1.165, 1.54) is 27.4 Å². The van der Waals surface area contributed by atoms with E-state index in [0.717, 1.165) is 0 Å². The second kappa shape index (κ2) is 7.58. The molecule has 2 rings (SSSR count). The molecule has 10 heteroatoms. The first-order valence-electron chi connectivity index (χ1n) is 7.46. The Bertz CT molecular complexity index is 713. The van der Waals surface area contributed by atoms with E-state index in [9.17, 15) is 23.3 Å². The molecule has 9 nitrogen and oxygen atoms in total. The van der Waals surface area contributed by atoms with Crippen molar-refractivity contribution in [2.45, 2.75) is 12.7 Å². The van der Waals surface area contributed by atoms with Gasteiger partial charge in [-0.1, -0.05) is 12.1 Å². The van der Waals surface area contributed by atoms with Crippen LogP contribution < -0.4 is 0 Å². The fourth-order valence-electron chi connectivity index (χ4n) is 2.43. The van der Waals surface area contributed by atoms with Crippen molar-refractivity contribution >= 4 is 21.8 Å². The first-order valence-corrected chi connectivity index (χ1v) is 9.07. The monoisotopic (exact) mass is 357 g/mol. The van der Waals surface area contributed by atoms with E-state index in [1.807, 2.05) is 0 Å². The van der Waals surface area contributed by atoms with Crippen molar-refractivity contribution in [1.29, 1.82) is 0 Å². The molecule has 1 fully saturated rings. The molecule has 24 heavy (non-hydrogen) atoms. The van der Waals surface area contributed by atoms with Gasteiger partial charge in [-0.3, -0.25) is 10.1 Å². The lowest BCUT2D eigenvalue weighted by Crippen LogP contribution is -2.50. The fourth-order valence-corrected chi connectivity index (χ4v) is 3.93. The SMILES string of the molecule is CCOC(=O)N1CCN(S(=O)(=O)Cc2cccc([N+](=O)[O-])c2)CC1. The van der Waals surface area contributed by atoms with E-state index in [0.29, 0.717) is 5.56 Å². The molecule has 0 bridgehead atoms. The molecule has 0 radical (unpaired) electrons. The number of rotatable bonds is 5. The largest absolute Gasteiger partial charge is 0.450 e. The summed E-state index contributed by atoms with van der Waals surface area (Å²) in [6.45, 7) is 2.84. The number of non-ortho nitro benzene ring substituents is 1. The van der Waals surface area contributed by atoms with Crippen LogP contribution >= 0.6 is 0 Å². The Kier molecular flexibility index (Phi) is 5.73. The van der Waals surface area contributed by atoms with E-state index in [2.05, 4.69) is 0 Å². The molecular formula is C14H19N3O6S. The van der Waals surface area contributed by atoms with Gasteiger partial charge >= 0.3 is 6.09 Å². The van der Waals surface area contributed by atoms with Gasteiger partial charge in [0.1, 0.15) is 0 Å². The average molecular weight is 357 g/mol. The Balaban J connectivity index is 2.00. The Morgan fingerprint density at radius 3 is 2.54 bits per heavy atom. The highest BCUT2D eigenvalue weighted by molar-refractivity contribution is 7.88. The maximum absolute atomic E-state index is 12.5. The number of carbonyl (C=O) groups is 1. The van der Waals surface area contributed by atoms with Crippen LogP contribution in [0.1, 0.15) is 12.5 Å². The summed E-state index contributed by atoms with van der Waals surface area (Å²) < 4.78 is 31.1. The zero-order chi connectivity index (χ0) is 17.7. The molecule has 0 unspecified atom stereocenters. The number of amides is 1. The molecular weight excluding hydrogens is 338 g/mol. The van der Waals surface area contributed by atoms with E-state index in [1.54, 1.807) is 13.0 Å². The van der Waals surface area contributed by atoms with Crippen LogP contribution in [0.2, 0.25) is 0 Å². The first kappa shape index (κ1) is 18.1. The molecule has 1 aromatic carbocycles. The predicted octanol–water partition coefficient (Wildman–Crippen LogP) is 1.20. The van der Waals surface area contributed by atoms with Crippen LogP contribution in [-0.4, -0.2) is 61.4 Å². The molecule has 0 aromatic heterocycles. The summed E-state index contributed by atoms with van der Waals surface area (Å²) in [5.74, 6) is -0.311. The van der Waals surface area contributed by atoms with Crippen LogP contribution in [0.15, 0.2) is 24.3 Å². The zero-order valence-corrected chi connectivity index (χ0v) is 14.1. The van der Waals surface area contributed by atoms with Crippen LogP contribution in [0.25, 0.3) is 0 Å².